The molecule has 0 aliphatic rings. The van der Waals surface area contributed by atoms with Gasteiger partial charge in [0.2, 0.25) is 6.19 Å². The molecular formula is C22H8F2N4. The first-order valence-corrected chi connectivity index (χ1v) is 8.33. The molecule has 130 valence electrons. The zero-order valence-electron chi connectivity index (χ0n) is 14.2. The van der Waals surface area contributed by atoms with E-state index in [0.29, 0.717) is 32.3 Å². The molecule has 0 atom stereocenters. The summed E-state index contributed by atoms with van der Waals surface area (Å²) in [5, 5.41) is 19.3. The van der Waals surface area contributed by atoms with Crippen LogP contribution in [0.15, 0.2) is 58.6 Å². The molecule has 5 aromatic rings. The van der Waals surface area contributed by atoms with Crippen LogP contribution >= 0.6 is 0 Å². The summed E-state index contributed by atoms with van der Waals surface area (Å²) in [6, 6.07) is 12.4. The quantitative estimate of drug-likeness (QED) is 0.225. The third kappa shape index (κ3) is 2.06. The molecule has 4 nitrogen and oxygen atoms in total. The lowest BCUT2D eigenvalue weighted by molar-refractivity contribution is 0.629. The summed E-state index contributed by atoms with van der Waals surface area (Å²) in [4.78, 5) is 7.05. The minimum atomic E-state index is -0.416. The smallest absolute Gasteiger partial charge is 0.206 e. The van der Waals surface area contributed by atoms with Gasteiger partial charge in [-0.3, -0.25) is 0 Å². The molecule has 0 saturated carbocycles. The largest absolute Gasteiger partial charge is 0.207 e. The van der Waals surface area contributed by atoms with Gasteiger partial charge in [0.15, 0.2) is 5.36 Å². The Morgan fingerprint density at radius 1 is 0.714 bits per heavy atom. The summed E-state index contributed by atoms with van der Waals surface area (Å²) in [5.41, 5.74) is 0. The highest BCUT2D eigenvalue weighted by atomic mass is 19.1. The first-order valence-electron chi connectivity index (χ1n) is 8.33. The van der Waals surface area contributed by atoms with E-state index in [4.69, 9.17) is 11.8 Å². The Morgan fingerprint density at radius 2 is 1.21 bits per heavy atom. The number of nitrogens with zero attached hydrogens (tertiary/aromatic N) is 4. The molecule has 0 saturated heterocycles. The van der Waals surface area contributed by atoms with Crippen LogP contribution in [0, 0.1) is 29.7 Å². The molecule has 0 aromatic heterocycles. The second kappa shape index (κ2) is 5.67. The molecule has 0 N–H and O–H groups in total. The van der Waals surface area contributed by atoms with Gasteiger partial charge in [0.25, 0.3) is 0 Å². The number of rotatable bonds is 0. The Bertz CT molecular complexity index is 1530. The molecule has 6 heteroatoms. The van der Waals surface area contributed by atoms with E-state index < -0.39 is 11.6 Å². The van der Waals surface area contributed by atoms with E-state index in [9.17, 15) is 8.78 Å². The van der Waals surface area contributed by atoms with Crippen LogP contribution in [0.1, 0.15) is 0 Å². The van der Waals surface area contributed by atoms with E-state index in [0.717, 1.165) is 21.5 Å². The maximum Gasteiger partial charge on any atom is 0.206 e. The molecule has 0 aliphatic heterocycles. The standard InChI is InChI=1S/C22H8F2N4/c1-26-28-22-18-7-12(24)3-5-14(18)16-8-19-15(9-20(16)22)13-4-2-11(23)6-17(13)21(19)27-10-25/h2-9H/b27-21?,28-22-. The van der Waals surface area contributed by atoms with Gasteiger partial charge in [-0.15, -0.1) is 4.95 Å². The highest BCUT2D eigenvalue weighted by Crippen LogP contribution is 2.32. The van der Waals surface area contributed by atoms with Gasteiger partial charge in [-0.2, -0.15) is 16.8 Å². The Kier molecular flexibility index (Phi) is 3.25. The molecule has 5 aromatic carbocycles. The van der Waals surface area contributed by atoms with Crippen molar-refractivity contribution in [2.75, 3.05) is 0 Å². The maximum atomic E-state index is 13.8. The number of nitriles is 1. The van der Waals surface area contributed by atoms with Crippen LogP contribution in [0.4, 0.5) is 8.78 Å². The fourth-order valence-electron chi connectivity index (χ4n) is 3.95. The minimum Gasteiger partial charge on any atom is -0.207 e. The molecular weight excluding hydrogens is 358 g/mol. The van der Waals surface area contributed by atoms with Crippen molar-refractivity contribution in [1.29, 1.82) is 5.26 Å². The molecule has 0 bridgehead atoms. The Labute approximate surface area is 156 Å². The predicted molar refractivity (Wildman–Crippen MR) is 102 cm³/mol. The summed E-state index contributed by atoms with van der Waals surface area (Å²) >= 11 is 0. The van der Waals surface area contributed by atoms with Crippen LogP contribution in [-0.4, -0.2) is 0 Å². The van der Waals surface area contributed by atoms with Crippen molar-refractivity contribution in [2.45, 2.75) is 0 Å². The predicted octanol–water partition coefficient (Wildman–Crippen LogP) is 4.57. The van der Waals surface area contributed by atoms with Crippen molar-refractivity contribution >= 4 is 43.1 Å². The maximum absolute atomic E-state index is 13.8. The van der Waals surface area contributed by atoms with Crippen molar-refractivity contribution < 1.29 is 8.78 Å². The number of halogens is 2. The van der Waals surface area contributed by atoms with Crippen LogP contribution in [0.25, 0.3) is 48.0 Å². The van der Waals surface area contributed by atoms with Crippen LogP contribution < -0.4 is 10.7 Å². The van der Waals surface area contributed by atoms with Gasteiger partial charge < -0.3 is 0 Å². The van der Waals surface area contributed by atoms with Crippen LogP contribution in [0.5, 0.6) is 0 Å². The lowest BCUT2D eigenvalue weighted by Crippen LogP contribution is -1.99. The van der Waals surface area contributed by atoms with E-state index in [1.807, 2.05) is 12.1 Å². The van der Waals surface area contributed by atoms with E-state index in [2.05, 4.69) is 15.0 Å². The minimum absolute atomic E-state index is 0.397. The highest BCUT2D eigenvalue weighted by molar-refractivity contribution is 6.21. The van der Waals surface area contributed by atoms with Crippen molar-refractivity contribution in [3.63, 3.8) is 0 Å². The summed E-state index contributed by atoms with van der Waals surface area (Å²) in [5.74, 6) is -0.829. The normalized spacial score (nSPS) is 13.0. The number of benzene rings is 3. The zero-order chi connectivity index (χ0) is 19.4. The third-order valence-electron chi connectivity index (χ3n) is 5.03. The summed E-state index contributed by atoms with van der Waals surface area (Å²) in [6.07, 6.45) is 1.79. The Hall–Kier alpha value is -4.16. The van der Waals surface area contributed by atoms with Gasteiger partial charge in [0, 0.05) is 21.5 Å². The van der Waals surface area contributed by atoms with Crippen LogP contribution in [0.2, 0.25) is 0 Å². The van der Waals surface area contributed by atoms with Gasteiger partial charge in [-0.05, 0) is 57.9 Å². The number of hydrogen-bond acceptors (Lipinski definition) is 3. The molecule has 0 fully saturated rings. The van der Waals surface area contributed by atoms with Gasteiger partial charge in [0.1, 0.15) is 11.6 Å². The van der Waals surface area contributed by atoms with Gasteiger partial charge >= 0.3 is 0 Å². The fourth-order valence-corrected chi connectivity index (χ4v) is 3.95. The second-order valence-corrected chi connectivity index (χ2v) is 6.43. The average Bonchev–Trinajstić information content (AvgIpc) is 3.13. The highest BCUT2D eigenvalue weighted by Gasteiger charge is 2.16. The second-order valence-electron chi connectivity index (χ2n) is 6.43. The number of fused-ring (bicyclic) bond motifs is 6. The first-order chi connectivity index (χ1) is 13.6. The zero-order valence-corrected chi connectivity index (χ0v) is 14.2. The van der Waals surface area contributed by atoms with E-state index in [-0.39, 0.29) is 0 Å². The molecule has 0 heterocycles. The average molecular weight is 366 g/mol. The molecule has 0 unspecified atom stereocenters. The van der Waals surface area contributed by atoms with Gasteiger partial charge in [-0.1, -0.05) is 12.1 Å². The van der Waals surface area contributed by atoms with Crippen LogP contribution in [0.3, 0.4) is 0 Å². The third-order valence-corrected chi connectivity index (χ3v) is 5.03. The Balaban J connectivity index is 2.12. The van der Waals surface area contributed by atoms with Crippen molar-refractivity contribution in [1.82, 2.24) is 0 Å². The van der Waals surface area contributed by atoms with Crippen molar-refractivity contribution in [3.05, 3.63) is 82.4 Å². The summed E-state index contributed by atoms with van der Waals surface area (Å²) in [6.45, 7) is 7.13. The topological polar surface area (TPSA) is 52.9 Å². The van der Waals surface area contributed by atoms with E-state index >= 15 is 0 Å². The van der Waals surface area contributed by atoms with Gasteiger partial charge in [0.05, 0.1) is 10.5 Å². The summed E-state index contributed by atoms with van der Waals surface area (Å²) < 4.78 is 27.6. The molecule has 0 spiro atoms. The van der Waals surface area contributed by atoms with E-state index in [1.165, 1.54) is 24.3 Å². The molecule has 0 aliphatic carbocycles. The van der Waals surface area contributed by atoms with Crippen LogP contribution in [-0.2, 0) is 0 Å². The molecule has 0 amide bonds. The summed E-state index contributed by atoms with van der Waals surface area (Å²) in [7, 11) is 0. The van der Waals surface area contributed by atoms with Crippen molar-refractivity contribution in [2.24, 2.45) is 10.1 Å². The molecule has 28 heavy (non-hydrogen) atoms. The van der Waals surface area contributed by atoms with E-state index in [1.54, 1.807) is 18.3 Å². The fraction of sp³-hybridized carbons (Fsp3) is 0. The molecule has 5 rings (SSSR count). The SMILES string of the molecule is [C-]#[N+]/N=c1/c2cc(F)ccc2c2cc3c(=NC#N)c4cc(F)ccc4c3cc12. The monoisotopic (exact) mass is 366 g/mol. The lowest BCUT2D eigenvalue weighted by atomic mass is 10.1. The van der Waals surface area contributed by atoms with Crippen molar-refractivity contribution in [3.8, 4) is 6.19 Å². The Morgan fingerprint density at radius 3 is 1.75 bits per heavy atom. The molecule has 0 radical (unpaired) electrons. The first kappa shape index (κ1) is 16.0. The number of hydrogen-bond donors (Lipinski definition) is 0. The van der Waals surface area contributed by atoms with Gasteiger partial charge in [-0.25, -0.2) is 8.78 Å². The lowest BCUT2D eigenvalue weighted by Gasteiger charge is -1.95.